The molecule has 2 fully saturated rings. The fourth-order valence-corrected chi connectivity index (χ4v) is 2.31. The molecule has 0 radical (unpaired) electrons. The number of hydrogen-bond acceptors (Lipinski definition) is 1. The van der Waals surface area contributed by atoms with Crippen LogP contribution < -0.4 is 0 Å². The van der Waals surface area contributed by atoms with Crippen molar-refractivity contribution < 1.29 is 4.79 Å². The Labute approximate surface area is 61.1 Å². The van der Waals surface area contributed by atoms with E-state index in [9.17, 15) is 4.79 Å². The van der Waals surface area contributed by atoms with Crippen LogP contribution >= 0.6 is 0 Å². The van der Waals surface area contributed by atoms with Crippen LogP contribution in [0.1, 0.15) is 32.1 Å². The Balaban J connectivity index is 2.07. The zero-order chi connectivity index (χ0) is 7.19. The minimum Gasteiger partial charge on any atom is -0.300 e. The average Bonchev–Trinajstić information content (AvgIpc) is 2.10. The van der Waals surface area contributed by atoms with Gasteiger partial charge in [0.25, 0.3) is 0 Å². The average molecular weight is 136 g/mol. The van der Waals surface area contributed by atoms with Crippen molar-refractivity contribution in [2.75, 3.05) is 0 Å². The van der Waals surface area contributed by atoms with Crippen LogP contribution in [-0.4, -0.2) is 5.78 Å². The molecule has 0 N–H and O–H groups in total. The molecule has 1 nitrogen and oxygen atoms in total. The first-order chi connectivity index (χ1) is 4.70. The van der Waals surface area contributed by atoms with Crippen molar-refractivity contribution in [3.05, 3.63) is 12.2 Å². The highest BCUT2D eigenvalue weighted by molar-refractivity contribution is 5.82. The van der Waals surface area contributed by atoms with Crippen molar-refractivity contribution in [1.29, 1.82) is 0 Å². The molecule has 0 aliphatic heterocycles. The molecular weight excluding hydrogens is 124 g/mol. The van der Waals surface area contributed by atoms with Crippen LogP contribution in [0.4, 0.5) is 0 Å². The Kier molecular flexibility index (Phi) is 1.05. The Morgan fingerprint density at radius 1 is 1.30 bits per heavy atom. The highest BCUT2D eigenvalue weighted by atomic mass is 16.1. The van der Waals surface area contributed by atoms with Crippen LogP contribution in [0.25, 0.3) is 0 Å². The normalized spacial score (nSPS) is 29.2. The van der Waals surface area contributed by atoms with E-state index in [2.05, 4.69) is 6.58 Å². The number of carbonyl (C=O) groups is 1. The third-order valence-corrected chi connectivity index (χ3v) is 2.76. The van der Waals surface area contributed by atoms with Crippen LogP contribution in [0.2, 0.25) is 0 Å². The zero-order valence-corrected chi connectivity index (χ0v) is 6.15. The predicted octanol–water partition coefficient (Wildman–Crippen LogP) is 2.08. The molecule has 10 heavy (non-hydrogen) atoms. The van der Waals surface area contributed by atoms with E-state index in [1.165, 1.54) is 5.57 Å². The molecule has 2 saturated carbocycles. The fourth-order valence-electron chi connectivity index (χ4n) is 2.31. The van der Waals surface area contributed by atoms with Crippen LogP contribution in [0.3, 0.4) is 0 Å². The maximum atomic E-state index is 10.9. The molecule has 0 unspecified atom stereocenters. The minimum absolute atomic E-state index is 0.411. The molecule has 0 saturated heterocycles. The van der Waals surface area contributed by atoms with Crippen molar-refractivity contribution in [1.82, 2.24) is 0 Å². The highest BCUT2D eigenvalue weighted by Gasteiger charge is 2.44. The van der Waals surface area contributed by atoms with E-state index in [-0.39, 0.29) is 0 Å². The molecule has 0 amide bonds. The number of rotatable bonds is 0. The number of hydrogen-bond donors (Lipinski definition) is 0. The number of ketones is 1. The van der Waals surface area contributed by atoms with Crippen LogP contribution in [0, 0.1) is 5.41 Å². The molecule has 2 rings (SSSR count). The lowest BCUT2D eigenvalue weighted by Gasteiger charge is -2.39. The minimum atomic E-state index is 0.411. The monoisotopic (exact) mass is 136 g/mol. The lowest BCUT2D eigenvalue weighted by atomic mass is 9.65. The number of Topliss-reactive ketones (excluding diaryl/α,β-unsaturated/α-hetero) is 1. The lowest BCUT2D eigenvalue weighted by molar-refractivity contribution is -0.118. The van der Waals surface area contributed by atoms with Crippen LogP contribution in [0.15, 0.2) is 12.2 Å². The van der Waals surface area contributed by atoms with Crippen molar-refractivity contribution in [2.45, 2.75) is 32.1 Å². The molecular formula is C9H12O. The summed E-state index contributed by atoms with van der Waals surface area (Å²) in [6.07, 6.45) is 5.04. The van der Waals surface area contributed by atoms with Gasteiger partial charge < -0.3 is 0 Å². The van der Waals surface area contributed by atoms with Gasteiger partial charge in [0.2, 0.25) is 0 Å². The molecule has 0 aromatic carbocycles. The van der Waals surface area contributed by atoms with Gasteiger partial charge in [0.05, 0.1) is 0 Å². The molecule has 2 aliphatic rings. The van der Waals surface area contributed by atoms with Gasteiger partial charge in [-0.3, -0.25) is 4.79 Å². The highest BCUT2D eigenvalue weighted by Crippen LogP contribution is 2.54. The summed E-state index contributed by atoms with van der Waals surface area (Å²) in [6, 6.07) is 0. The second-order valence-corrected chi connectivity index (χ2v) is 3.82. The van der Waals surface area contributed by atoms with Crippen LogP contribution in [0.5, 0.6) is 0 Å². The third kappa shape index (κ3) is 0.731. The van der Waals surface area contributed by atoms with E-state index in [1.54, 1.807) is 0 Å². The Hall–Kier alpha value is -0.590. The van der Waals surface area contributed by atoms with Gasteiger partial charge in [-0.1, -0.05) is 12.2 Å². The molecule has 0 heterocycles. The van der Waals surface area contributed by atoms with Gasteiger partial charge in [-0.15, -0.1) is 0 Å². The summed E-state index contributed by atoms with van der Waals surface area (Å²) >= 11 is 0. The van der Waals surface area contributed by atoms with E-state index in [0.29, 0.717) is 11.2 Å². The summed E-state index contributed by atoms with van der Waals surface area (Å²) in [5.74, 6) is 0.465. The van der Waals surface area contributed by atoms with Gasteiger partial charge in [0.15, 0.2) is 0 Å². The van der Waals surface area contributed by atoms with Gasteiger partial charge in [0, 0.05) is 12.8 Å². The predicted molar refractivity (Wildman–Crippen MR) is 39.7 cm³/mol. The van der Waals surface area contributed by atoms with Gasteiger partial charge >= 0.3 is 0 Å². The van der Waals surface area contributed by atoms with Gasteiger partial charge in [-0.05, 0) is 24.7 Å². The van der Waals surface area contributed by atoms with Crippen molar-refractivity contribution in [3.63, 3.8) is 0 Å². The van der Waals surface area contributed by atoms with E-state index in [0.717, 1.165) is 32.1 Å². The lowest BCUT2D eigenvalue weighted by Crippen LogP contribution is -2.27. The van der Waals surface area contributed by atoms with Crippen molar-refractivity contribution in [3.8, 4) is 0 Å². The third-order valence-electron chi connectivity index (χ3n) is 2.76. The van der Waals surface area contributed by atoms with Crippen molar-refractivity contribution in [2.24, 2.45) is 5.41 Å². The summed E-state index contributed by atoms with van der Waals surface area (Å²) < 4.78 is 0. The molecule has 0 atom stereocenters. The first-order valence-electron chi connectivity index (χ1n) is 3.89. The van der Waals surface area contributed by atoms with Crippen LogP contribution in [-0.2, 0) is 4.79 Å². The maximum Gasteiger partial charge on any atom is 0.133 e. The molecule has 1 spiro atoms. The molecule has 54 valence electrons. The topological polar surface area (TPSA) is 17.1 Å². The number of allylic oxidation sites excluding steroid dienone is 1. The Morgan fingerprint density at radius 3 is 2.40 bits per heavy atom. The quantitative estimate of drug-likeness (QED) is 0.466. The molecule has 0 bridgehead atoms. The van der Waals surface area contributed by atoms with E-state index in [4.69, 9.17) is 0 Å². The summed E-state index contributed by atoms with van der Waals surface area (Å²) in [5, 5.41) is 0. The van der Waals surface area contributed by atoms with Gasteiger partial charge in [-0.25, -0.2) is 0 Å². The van der Waals surface area contributed by atoms with Gasteiger partial charge in [-0.2, -0.15) is 0 Å². The smallest absolute Gasteiger partial charge is 0.133 e. The number of carbonyl (C=O) groups excluding carboxylic acids is 1. The first-order valence-corrected chi connectivity index (χ1v) is 3.89. The Bertz CT molecular complexity index is 195. The Morgan fingerprint density at radius 2 is 2.00 bits per heavy atom. The van der Waals surface area contributed by atoms with E-state index >= 15 is 0 Å². The zero-order valence-electron chi connectivity index (χ0n) is 6.15. The van der Waals surface area contributed by atoms with Crippen molar-refractivity contribution >= 4 is 5.78 Å². The molecule has 2 aliphatic carbocycles. The summed E-state index contributed by atoms with van der Waals surface area (Å²) in [6.45, 7) is 3.89. The molecule has 0 aromatic rings. The summed E-state index contributed by atoms with van der Waals surface area (Å²) in [4.78, 5) is 10.9. The molecule has 1 heteroatoms. The maximum absolute atomic E-state index is 10.9. The van der Waals surface area contributed by atoms with Gasteiger partial charge in [0.1, 0.15) is 5.78 Å². The molecule has 0 aromatic heterocycles. The summed E-state index contributed by atoms with van der Waals surface area (Å²) in [5.41, 5.74) is 1.75. The standard InChI is InChI=1S/C9H12O/c1-7-4-9(5-7)3-2-8(10)6-9/h1-6H2. The fraction of sp³-hybridized carbons (Fsp3) is 0.667. The SMILES string of the molecule is C=C1CC2(CCC(=O)C2)C1. The second kappa shape index (κ2) is 1.71. The van der Waals surface area contributed by atoms with E-state index < -0.39 is 0 Å². The second-order valence-electron chi connectivity index (χ2n) is 3.82. The largest absolute Gasteiger partial charge is 0.300 e. The summed E-state index contributed by atoms with van der Waals surface area (Å²) in [7, 11) is 0. The first kappa shape index (κ1) is 6.14. The van der Waals surface area contributed by atoms with E-state index in [1.807, 2.05) is 0 Å².